The third-order valence-corrected chi connectivity index (χ3v) is 5.29. The lowest BCUT2D eigenvalue weighted by molar-refractivity contribution is 0.563. The van der Waals surface area contributed by atoms with E-state index < -0.39 is 10.0 Å². The van der Waals surface area contributed by atoms with Crippen molar-refractivity contribution in [2.45, 2.75) is 25.8 Å². The average molecular weight is 383 g/mol. The van der Waals surface area contributed by atoms with Crippen molar-refractivity contribution in [3.05, 3.63) is 71.8 Å². The van der Waals surface area contributed by atoms with Gasteiger partial charge < -0.3 is 5.32 Å². The SMILES string of the molecule is CC(C)NS(=O)(=O)CCNCC(c1ccccc1)c1ccccc1.Cl. The summed E-state index contributed by atoms with van der Waals surface area (Å²) >= 11 is 0. The molecule has 0 aliphatic rings. The van der Waals surface area contributed by atoms with Crippen molar-refractivity contribution in [2.24, 2.45) is 0 Å². The molecular weight excluding hydrogens is 356 g/mol. The average Bonchev–Trinajstić information content (AvgIpc) is 2.55. The van der Waals surface area contributed by atoms with E-state index >= 15 is 0 Å². The molecule has 0 unspecified atom stereocenters. The van der Waals surface area contributed by atoms with Gasteiger partial charge in [-0.05, 0) is 25.0 Å². The molecule has 138 valence electrons. The van der Waals surface area contributed by atoms with E-state index in [2.05, 4.69) is 34.3 Å². The first-order valence-corrected chi connectivity index (χ1v) is 9.94. The zero-order valence-electron chi connectivity index (χ0n) is 14.7. The Bertz CT molecular complexity index is 667. The monoisotopic (exact) mass is 382 g/mol. The summed E-state index contributed by atoms with van der Waals surface area (Å²) in [5.74, 6) is 0.287. The normalized spacial score (nSPS) is 11.5. The van der Waals surface area contributed by atoms with Crippen molar-refractivity contribution in [1.82, 2.24) is 10.0 Å². The van der Waals surface area contributed by atoms with Gasteiger partial charge in [-0.15, -0.1) is 12.4 Å². The Morgan fingerprint density at radius 3 is 1.80 bits per heavy atom. The molecule has 0 aromatic heterocycles. The molecule has 0 aliphatic heterocycles. The van der Waals surface area contributed by atoms with Gasteiger partial charge in [-0.1, -0.05) is 60.7 Å². The van der Waals surface area contributed by atoms with Crippen molar-refractivity contribution in [3.8, 4) is 0 Å². The van der Waals surface area contributed by atoms with Gasteiger partial charge in [-0.3, -0.25) is 0 Å². The van der Waals surface area contributed by atoms with Crippen LogP contribution in [0, 0.1) is 0 Å². The summed E-state index contributed by atoms with van der Waals surface area (Å²) in [4.78, 5) is 0. The topological polar surface area (TPSA) is 58.2 Å². The molecule has 2 aromatic carbocycles. The smallest absolute Gasteiger partial charge is 0.213 e. The Balaban J connectivity index is 0.00000312. The van der Waals surface area contributed by atoms with E-state index in [1.165, 1.54) is 11.1 Å². The van der Waals surface area contributed by atoms with Crippen LogP contribution in [0.4, 0.5) is 0 Å². The molecule has 0 aliphatic carbocycles. The molecule has 6 heteroatoms. The van der Waals surface area contributed by atoms with Gasteiger partial charge in [0.15, 0.2) is 0 Å². The van der Waals surface area contributed by atoms with Gasteiger partial charge >= 0.3 is 0 Å². The van der Waals surface area contributed by atoms with E-state index in [9.17, 15) is 8.42 Å². The lowest BCUT2D eigenvalue weighted by atomic mass is 9.91. The number of hydrogen-bond acceptors (Lipinski definition) is 3. The first-order chi connectivity index (χ1) is 11.5. The van der Waals surface area contributed by atoms with E-state index in [4.69, 9.17) is 0 Å². The molecule has 0 spiro atoms. The van der Waals surface area contributed by atoms with Crippen molar-refractivity contribution in [1.29, 1.82) is 0 Å². The first kappa shape index (κ1) is 21.6. The Labute approximate surface area is 157 Å². The van der Waals surface area contributed by atoms with Crippen LogP contribution in [0.5, 0.6) is 0 Å². The minimum atomic E-state index is -3.22. The molecule has 2 N–H and O–H groups in total. The summed E-state index contributed by atoms with van der Waals surface area (Å²) in [5, 5.41) is 3.29. The Kier molecular flexibility index (Phi) is 9.14. The van der Waals surface area contributed by atoms with Crippen molar-refractivity contribution in [3.63, 3.8) is 0 Å². The predicted octanol–water partition coefficient (Wildman–Crippen LogP) is 3.16. The zero-order chi connectivity index (χ0) is 17.4. The first-order valence-electron chi connectivity index (χ1n) is 8.28. The molecule has 0 bridgehead atoms. The van der Waals surface area contributed by atoms with Crippen molar-refractivity contribution >= 4 is 22.4 Å². The summed E-state index contributed by atoms with van der Waals surface area (Å²) in [6.07, 6.45) is 0. The van der Waals surface area contributed by atoms with E-state index in [1.54, 1.807) is 0 Å². The molecule has 0 saturated heterocycles. The molecule has 2 rings (SSSR count). The number of hydrogen-bond donors (Lipinski definition) is 2. The fourth-order valence-corrected chi connectivity index (χ4v) is 3.92. The minimum Gasteiger partial charge on any atom is -0.315 e. The fraction of sp³-hybridized carbons (Fsp3) is 0.368. The van der Waals surface area contributed by atoms with Crippen LogP contribution in [0.15, 0.2) is 60.7 Å². The quantitative estimate of drug-likeness (QED) is 0.655. The van der Waals surface area contributed by atoms with Crippen LogP contribution in [0.2, 0.25) is 0 Å². The fourth-order valence-electron chi connectivity index (χ4n) is 2.67. The van der Waals surface area contributed by atoms with Crippen LogP contribution in [0.25, 0.3) is 0 Å². The number of nitrogens with one attached hydrogen (secondary N) is 2. The van der Waals surface area contributed by atoms with Gasteiger partial charge in [0.05, 0.1) is 5.75 Å². The standard InChI is InChI=1S/C19H26N2O2S.ClH/c1-16(2)21-24(22,23)14-13-20-15-19(17-9-5-3-6-10-17)18-11-7-4-8-12-18;/h3-12,16,19-21H,13-15H2,1-2H3;1H. The maximum absolute atomic E-state index is 11.9. The summed E-state index contributed by atoms with van der Waals surface area (Å²) < 4.78 is 26.4. The molecule has 0 fully saturated rings. The van der Waals surface area contributed by atoms with Gasteiger partial charge in [0.25, 0.3) is 0 Å². The van der Waals surface area contributed by atoms with Crippen LogP contribution in [0.3, 0.4) is 0 Å². The lowest BCUT2D eigenvalue weighted by Crippen LogP contribution is -2.36. The summed E-state index contributed by atoms with van der Waals surface area (Å²) in [5.41, 5.74) is 2.44. The van der Waals surface area contributed by atoms with Crippen LogP contribution in [-0.2, 0) is 10.0 Å². The second-order valence-corrected chi connectivity index (χ2v) is 8.04. The van der Waals surface area contributed by atoms with Gasteiger partial charge in [0.1, 0.15) is 0 Å². The highest BCUT2D eigenvalue weighted by molar-refractivity contribution is 7.89. The van der Waals surface area contributed by atoms with Crippen LogP contribution >= 0.6 is 12.4 Å². The summed E-state index contributed by atoms with van der Waals surface area (Å²) in [6, 6.07) is 20.5. The Hall–Kier alpha value is -1.40. The highest BCUT2D eigenvalue weighted by atomic mass is 35.5. The Morgan fingerprint density at radius 1 is 0.880 bits per heavy atom. The molecule has 2 aromatic rings. The van der Waals surface area contributed by atoms with Gasteiger partial charge in [-0.2, -0.15) is 0 Å². The third kappa shape index (κ3) is 7.57. The van der Waals surface area contributed by atoms with Gasteiger partial charge in [0.2, 0.25) is 10.0 Å². The Morgan fingerprint density at radius 2 is 1.36 bits per heavy atom. The molecule has 0 saturated carbocycles. The molecule has 0 atom stereocenters. The van der Waals surface area contributed by atoms with Crippen LogP contribution < -0.4 is 10.0 Å². The summed E-state index contributed by atoms with van der Waals surface area (Å²) in [7, 11) is -3.22. The lowest BCUT2D eigenvalue weighted by Gasteiger charge is -2.19. The maximum atomic E-state index is 11.9. The molecule has 4 nitrogen and oxygen atoms in total. The number of halogens is 1. The predicted molar refractivity (Wildman–Crippen MR) is 107 cm³/mol. The number of benzene rings is 2. The number of sulfonamides is 1. The second-order valence-electron chi connectivity index (χ2n) is 6.17. The molecular formula is C19H27ClN2O2S. The number of rotatable bonds is 9. The van der Waals surface area contributed by atoms with E-state index in [1.807, 2.05) is 50.2 Å². The van der Waals surface area contributed by atoms with Crippen molar-refractivity contribution < 1.29 is 8.42 Å². The van der Waals surface area contributed by atoms with Crippen LogP contribution in [0.1, 0.15) is 30.9 Å². The molecule has 25 heavy (non-hydrogen) atoms. The molecule has 0 radical (unpaired) electrons. The minimum absolute atomic E-state index is 0. The van der Waals surface area contributed by atoms with E-state index in [0.29, 0.717) is 13.1 Å². The third-order valence-electron chi connectivity index (χ3n) is 3.72. The van der Waals surface area contributed by atoms with E-state index in [-0.39, 0.29) is 30.1 Å². The van der Waals surface area contributed by atoms with Gasteiger partial charge in [0, 0.05) is 25.0 Å². The second kappa shape index (κ2) is 10.6. The molecule has 0 heterocycles. The largest absolute Gasteiger partial charge is 0.315 e. The maximum Gasteiger partial charge on any atom is 0.213 e. The zero-order valence-corrected chi connectivity index (χ0v) is 16.3. The molecule has 0 amide bonds. The van der Waals surface area contributed by atoms with Gasteiger partial charge in [-0.25, -0.2) is 13.1 Å². The highest BCUT2D eigenvalue weighted by Crippen LogP contribution is 2.23. The highest BCUT2D eigenvalue weighted by Gasteiger charge is 2.15. The van der Waals surface area contributed by atoms with Crippen LogP contribution in [-0.4, -0.2) is 33.3 Å². The van der Waals surface area contributed by atoms with E-state index in [0.717, 1.165) is 0 Å². The summed E-state index contributed by atoms with van der Waals surface area (Å²) in [6.45, 7) is 4.78. The van der Waals surface area contributed by atoms with Crippen molar-refractivity contribution in [2.75, 3.05) is 18.8 Å².